The first-order valence-electron chi connectivity index (χ1n) is 7.19. The van der Waals surface area contributed by atoms with E-state index in [1.165, 1.54) is 37.9 Å². The standard InChI is InChI=1S/C15H21ClN2O2/c1-10-2-4-11(5-3-10)6-7-17-14-13(16)8-12(9-18-14)15(19)20/h8-11H,2-7H2,1H3,(H,17,18)(H,19,20). The summed E-state index contributed by atoms with van der Waals surface area (Å²) in [6, 6.07) is 1.43. The molecule has 1 heterocycles. The van der Waals surface area contributed by atoms with Crippen molar-refractivity contribution in [3.63, 3.8) is 0 Å². The minimum atomic E-state index is -1.01. The molecule has 0 unspecified atom stereocenters. The van der Waals surface area contributed by atoms with Gasteiger partial charge in [-0.1, -0.05) is 44.2 Å². The fourth-order valence-corrected chi connectivity index (χ4v) is 2.93. The average Bonchev–Trinajstić information content (AvgIpc) is 2.42. The van der Waals surface area contributed by atoms with E-state index in [2.05, 4.69) is 17.2 Å². The number of carboxylic acid groups (broad SMARTS) is 1. The molecule has 0 aromatic carbocycles. The molecular formula is C15H21ClN2O2. The number of rotatable bonds is 5. The molecule has 0 radical (unpaired) electrons. The van der Waals surface area contributed by atoms with Crippen LogP contribution in [0.1, 0.15) is 49.4 Å². The summed E-state index contributed by atoms with van der Waals surface area (Å²) >= 11 is 6.03. The zero-order valence-electron chi connectivity index (χ0n) is 11.7. The van der Waals surface area contributed by atoms with Gasteiger partial charge in [-0.15, -0.1) is 0 Å². The maximum absolute atomic E-state index is 10.8. The monoisotopic (exact) mass is 296 g/mol. The molecule has 5 heteroatoms. The predicted molar refractivity (Wildman–Crippen MR) is 80.4 cm³/mol. The van der Waals surface area contributed by atoms with E-state index in [1.54, 1.807) is 0 Å². The highest BCUT2D eigenvalue weighted by Gasteiger charge is 2.17. The molecule has 1 saturated carbocycles. The summed E-state index contributed by atoms with van der Waals surface area (Å²) in [6.07, 6.45) is 7.72. The van der Waals surface area contributed by atoms with E-state index in [1.807, 2.05) is 0 Å². The van der Waals surface area contributed by atoms with Gasteiger partial charge in [0.25, 0.3) is 0 Å². The molecular weight excluding hydrogens is 276 g/mol. The fraction of sp³-hybridized carbons (Fsp3) is 0.600. The molecule has 1 aromatic rings. The van der Waals surface area contributed by atoms with Gasteiger partial charge in [0.2, 0.25) is 0 Å². The maximum atomic E-state index is 10.8. The number of aromatic carboxylic acids is 1. The van der Waals surface area contributed by atoms with Gasteiger partial charge in [0.1, 0.15) is 5.82 Å². The lowest BCUT2D eigenvalue weighted by molar-refractivity contribution is 0.0696. The topological polar surface area (TPSA) is 62.2 Å². The average molecular weight is 297 g/mol. The molecule has 0 amide bonds. The first-order chi connectivity index (χ1) is 9.56. The Kier molecular flexibility index (Phi) is 5.24. The SMILES string of the molecule is CC1CCC(CCNc2ncc(C(=O)O)cc2Cl)CC1. The van der Waals surface area contributed by atoms with Gasteiger partial charge in [0.05, 0.1) is 10.6 Å². The van der Waals surface area contributed by atoms with Crippen molar-refractivity contribution in [3.05, 3.63) is 22.8 Å². The smallest absolute Gasteiger partial charge is 0.337 e. The lowest BCUT2D eigenvalue weighted by atomic mass is 9.81. The molecule has 1 aliphatic rings. The highest BCUT2D eigenvalue weighted by Crippen LogP contribution is 2.30. The Morgan fingerprint density at radius 1 is 1.45 bits per heavy atom. The molecule has 0 saturated heterocycles. The predicted octanol–water partition coefficient (Wildman–Crippen LogP) is 4.06. The second-order valence-corrected chi connectivity index (χ2v) is 6.11. The van der Waals surface area contributed by atoms with E-state index in [4.69, 9.17) is 16.7 Å². The Hall–Kier alpha value is -1.29. The van der Waals surface area contributed by atoms with E-state index in [0.717, 1.165) is 24.8 Å². The van der Waals surface area contributed by atoms with Gasteiger partial charge in [-0.3, -0.25) is 0 Å². The minimum Gasteiger partial charge on any atom is -0.478 e. The van der Waals surface area contributed by atoms with Crippen molar-refractivity contribution in [2.45, 2.75) is 39.0 Å². The summed E-state index contributed by atoms with van der Waals surface area (Å²) in [6.45, 7) is 3.15. The summed E-state index contributed by atoms with van der Waals surface area (Å²) in [5.74, 6) is 1.22. The molecule has 1 aliphatic carbocycles. The third-order valence-electron chi connectivity index (χ3n) is 4.07. The molecule has 110 valence electrons. The third kappa shape index (κ3) is 4.10. The Bertz CT molecular complexity index is 471. The van der Waals surface area contributed by atoms with Gasteiger partial charge in [-0.2, -0.15) is 0 Å². The van der Waals surface area contributed by atoms with E-state index < -0.39 is 5.97 Å². The molecule has 20 heavy (non-hydrogen) atoms. The Morgan fingerprint density at radius 2 is 2.15 bits per heavy atom. The first-order valence-corrected chi connectivity index (χ1v) is 7.56. The summed E-state index contributed by atoms with van der Waals surface area (Å²) in [7, 11) is 0. The molecule has 1 aromatic heterocycles. The number of hydrogen-bond donors (Lipinski definition) is 2. The van der Waals surface area contributed by atoms with E-state index in [9.17, 15) is 4.79 Å². The minimum absolute atomic E-state index is 0.113. The number of nitrogens with one attached hydrogen (secondary N) is 1. The Labute approximate surface area is 124 Å². The van der Waals surface area contributed by atoms with E-state index >= 15 is 0 Å². The first kappa shape index (κ1) is 15.1. The fourth-order valence-electron chi connectivity index (χ4n) is 2.70. The number of carbonyl (C=O) groups is 1. The van der Waals surface area contributed by atoms with Crippen LogP contribution in [-0.2, 0) is 0 Å². The Balaban J connectivity index is 1.81. The lowest BCUT2D eigenvalue weighted by Crippen LogP contribution is -2.16. The quantitative estimate of drug-likeness (QED) is 0.860. The highest BCUT2D eigenvalue weighted by atomic mass is 35.5. The molecule has 2 rings (SSSR count). The number of nitrogens with zero attached hydrogens (tertiary/aromatic N) is 1. The summed E-state index contributed by atoms with van der Waals surface area (Å²) in [5, 5.41) is 12.4. The number of halogens is 1. The lowest BCUT2D eigenvalue weighted by Gasteiger charge is -2.26. The highest BCUT2D eigenvalue weighted by molar-refractivity contribution is 6.33. The Morgan fingerprint density at radius 3 is 2.75 bits per heavy atom. The van der Waals surface area contributed by atoms with Gasteiger partial charge >= 0.3 is 5.97 Å². The second-order valence-electron chi connectivity index (χ2n) is 5.70. The van der Waals surface area contributed by atoms with Gasteiger partial charge in [-0.25, -0.2) is 9.78 Å². The number of carboxylic acids is 1. The number of aromatic nitrogens is 1. The van der Waals surface area contributed by atoms with Gasteiger partial charge in [0, 0.05) is 12.7 Å². The summed E-state index contributed by atoms with van der Waals surface area (Å²) in [4.78, 5) is 14.9. The van der Waals surface area contributed by atoms with Gasteiger partial charge in [0.15, 0.2) is 0 Å². The molecule has 4 nitrogen and oxygen atoms in total. The molecule has 0 atom stereocenters. The van der Waals surface area contributed by atoms with Crippen molar-refractivity contribution in [2.75, 3.05) is 11.9 Å². The van der Waals surface area contributed by atoms with Crippen molar-refractivity contribution >= 4 is 23.4 Å². The number of hydrogen-bond acceptors (Lipinski definition) is 3. The maximum Gasteiger partial charge on any atom is 0.337 e. The molecule has 2 N–H and O–H groups in total. The zero-order chi connectivity index (χ0) is 14.5. The van der Waals surface area contributed by atoms with Crippen LogP contribution in [0, 0.1) is 11.8 Å². The molecule has 0 bridgehead atoms. The van der Waals surface area contributed by atoms with Crippen molar-refractivity contribution in [1.29, 1.82) is 0 Å². The van der Waals surface area contributed by atoms with Crippen molar-refractivity contribution in [3.8, 4) is 0 Å². The van der Waals surface area contributed by atoms with Crippen molar-refractivity contribution in [2.24, 2.45) is 11.8 Å². The molecule has 1 fully saturated rings. The summed E-state index contributed by atoms with van der Waals surface area (Å²) in [5.41, 5.74) is 0.113. The van der Waals surface area contributed by atoms with Crippen LogP contribution in [0.3, 0.4) is 0 Å². The van der Waals surface area contributed by atoms with Crippen LogP contribution in [0.4, 0.5) is 5.82 Å². The molecule has 0 spiro atoms. The van der Waals surface area contributed by atoms with E-state index in [0.29, 0.717) is 10.8 Å². The van der Waals surface area contributed by atoms with Gasteiger partial charge in [-0.05, 0) is 24.3 Å². The van der Waals surface area contributed by atoms with Crippen molar-refractivity contribution < 1.29 is 9.90 Å². The van der Waals surface area contributed by atoms with Crippen LogP contribution in [0.25, 0.3) is 0 Å². The van der Waals surface area contributed by atoms with Crippen LogP contribution in [0.5, 0.6) is 0 Å². The van der Waals surface area contributed by atoms with Crippen LogP contribution < -0.4 is 5.32 Å². The van der Waals surface area contributed by atoms with Crippen LogP contribution in [-0.4, -0.2) is 22.6 Å². The van der Waals surface area contributed by atoms with Crippen LogP contribution in [0.2, 0.25) is 5.02 Å². The van der Waals surface area contributed by atoms with E-state index in [-0.39, 0.29) is 5.56 Å². The largest absolute Gasteiger partial charge is 0.478 e. The van der Waals surface area contributed by atoms with Gasteiger partial charge < -0.3 is 10.4 Å². The van der Waals surface area contributed by atoms with Crippen LogP contribution >= 0.6 is 11.6 Å². The molecule has 0 aliphatic heterocycles. The zero-order valence-corrected chi connectivity index (χ0v) is 12.5. The normalized spacial score (nSPS) is 22.5. The summed E-state index contributed by atoms with van der Waals surface area (Å²) < 4.78 is 0. The third-order valence-corrected chi connectivity index (χ3v) is 4.36. The number of pyridine rings is 1. The number of anilines is 1. The van der Waals surface area contributed by atoms with Crippen molar-refractivity contribution in [1.82, 2.24) is 4.98 Å². The van der Waals surface area contributed by atoms with Crippen LogP contribution in [0.15, 0.2) is 12.3 Å². The second kappa shape index (κ2) is 6.93.